The maximum Gasteiger partial charge on any atom is 0.341 e. The molecule has 2 atom stereocenters. The Morgan fingerprint density at radius 2 is 1.59 bits per heavy atom. The van der Waals surface area contributed by atoms with Crippen LogP contribution < -0.4 is 26.7 Å². The Hall–Kier alpha value is -5.29. The lowest BCUT2D eigenvalue weighted by Gasteiger charge is -2.23. The Kier molecular flexibility index (Phi) is 13.1. The van der Waals surface area contributed by atoms with Gasteiger partial charge >= 0.3 is 12.0 Å². The highest BCUT2D eigenvalue weighted by atomic mass is 32.2. The number of nitrogens with two attached hydrogens (primary N) is 3. The highest BCUT2D eigenvalue weighted by molar-refractivity contribution is 7.89. The van der Waals surface area contributed by atoms with Crippen molar-refractivity contribution < 1.29 is 37.1 Å². The number of fused-ring (bicyclic) bond motifs is 1. The summed E-state index contributed by atoms with van der Waals surface area (Å²) < 4.78 is 40.9. The number of benzene rings is 3. The molecule has 7 N–H and O–H groups in total. The second kappa shape index (κ2) is 17.7. The van der Waals surface area contributed by atoms with Crippen molar-refractivity contribution in [2.24, 2.45) is 17.2 Å². The second-order valence-corrected chi connectivity index (χ2v) is 15.1. The number of nitrogens with zero attached hydrogens (tertiary/aromatic N) is 3. The van der Waals surface area contributed by atoms with Crippen molar-refractivity contribution in [2.45, 2.75) is 61.9 Å². The molecule has 2 unspecified atom stereocenters. The van der Waals surface area contributed by atoms with Crippen molar-refractivity contribution in [1.29, 1.82) is 0 Å². The van der Waals surface area contributed by atoms with Crippen LogP contribution >= 0.6 is 0 Å². The third-order valence-electron chi connectivity index (χ3n) is 9.11. The van der Waals surface area contributed by atoms with Crippen LogP contribution in [0.1, 0.15) is 54.4 Å². The van der Waals surface area contributed by atoms with E-state index in [4.69, 9.17) is 26.7 Å². The van der Waals surface area contributed by atoms with E-state index in [-0.39, 0.29) is 40.7 Å². The van der Waals surface area contributed by atoms with Gasteiger partial charge in [-0.05, 0) is 92.9 Å². The lowest BCUT2D eigenvalue weighted by Crippen LogP contribution is -2.41. The molecule has 2 heterocycles. The van der Waals surface area contributed by atoms with E-state index in [1.807, 2.05) is 24.3 Å². The monoisotopic (exact) mass is 761 g/mol. The first-order valence-electron chi connectivity index (χ1n) is 17.8. The number of H-pyrrole nitrogens is 1. The summed E-state index contributed by atoms with van der Waals surface area (Å²) in [7, 11) is -1.70. The van der Waals surface area contributed by atoms with Crippen molar-refractivity contribution in [3.63, 3.8) is 0 Å². The number of aromatic nitrogens is 1. The fraction of sp³-hybridized carbons (Fsp3) is 0.368. The number of imide groups is 1. The van der Waals surface area contributed by atoms with Gasteiger partial charge in [0.15, 0.2) is 0 Å². The summed E-state index contributed by atoms with van der Waals surface area (Å²) in [4.78, 5) is 58.6. The molecule has 1 fully saturated rings. The van der Waals surface area contributed by atoms with Crippen LogP contribution in [0.2, 0.25) is 0 Å². The number of aromatic amines is 1. The number of hydrogen-bond donors (Lipinski definition) is 4. The molecule has 1 saturated heterocycles. The number of carbonyl (C=O) groups is 4. The van der Waals surface area contributed by atoms with Crippen molar-refractivity contribution in [3.8, 4) is 17.2 Å². The average Bonchev–Trinajstić information content (AvgIpc) is 3.67. The van der Waals surface area contributed by atoms with Crippen molar-refractivity contribution in [2.75, 3.05) is 33.7 Å². The van der Waals surface area contributed by atoms with E-state index in [2.05, 4.69) is 4.98 Å². The van der Waals surface area contributed by atoms with E-state index in [0.29, 0.717) is 55.1 Å². The maximum atomic E-state index is 14.5. The Labute approximate surface area is 314 Å². The fourth-order valence-electron chi connectivity index (χ4n) is 6.17. The predicted octanol–water partition coefficient (Wildman–Crippen LogP) is 3.72. The van der Waals surface area contributed by atoms with Crippen LogP contribution in [0.5, 0.6) is 17.2 Å². The van der Waals surface area contributed by atoms with Crippen molar-refractivity contribution in [3.05, 3.63) is 84.1 Å². The Morgan fingerprint density at radius 3 is 2.30 bits per heavy atom. The minimum Gasteiger partial charge on any atom is -0.457 e. The number of carbonyl (C=O) groups excluding carboxylic acids is 4. The van der Waals surface area contributed by atoms with Gasteiger partial charge in [0.2, 0.25) is 0 Å². The van der Waals surface area contributed by atoms with Gasteiger partial charge in [-0.3, -0.25) is 14.5 Å². The predicted molar refractivity (Wildman–Crippen MR) is 202 cm³/mol. The number of nitrogens with one attached hydrogen (secondary N) is 1. The third-order valence-corrected chi connectivity index (χ3v) is 10.9. The van der Waals surface area contributed by atoms with Crippen LogP contribution in [0.4, 0.5) is 4.79 Å². The van der Waals surface area contributed by atoms with E-state index in [1.54, 1.807) is 6.20 Å². The molecule has 0 bridgehead atoms. The van der Waals surface area contributed by atoms with E-state index in [9.17, 15) is 27.6 Å². The number of sulfonamides is 1. The minimum absolute atomic E-state index is 0.0278. The molecule has 288 valence electrons. The highest BCUT2D eigenvalue weighted by Gasteiger charge is 2.51. The molecule has 4 amide bonds. The molecule has 0 aliphatic carbocycles. The molecule has 1 aromatic heterocycles. The number of rotatable bonds is 18. The van der Waals surface area contributed by atoms with Gasteiger partial charge in [-0.1, -0.05) is 31.0 Å². The van der Waals surface area contributed by atoms with Crippen molar-refractivity contribution in [1.82, 2.24) is 19.1 Å². The molecule has 1 aliphatic heterocycles. The zero-order chi connectivity index (χ0) is 39.0. The van der Waals surface area contributed by atoms with E-state index < -0.39 is 45.9 Å². The lowest BCUT2D eigenvalue weighted by molar-refractivity contribution is -0.136. The van der Waals surface area contributed by atoms with E-state index >= 15 is 0 Å². The standard InChI is InChI=1S/C38H47N7O8S/c1-43(2)35(46)30-23-28(17-18-34(30)52-26-13-15-27(16-14-26)53-37(48)31(41)11-6-8-20-40)54(50,51)45-33(22-25-24-42-32-12-5-4-10-29(25)32)36(47)44(38(45)49)21-9-3-7-19-39/h4-5,10,12-18,23-24,31,33,42H,3,6-9,11,19-22,39-41H2,1-2H3. The number of esters is 1. The highest BCUT2D eigenvalue weighted by Crippen LogP contribution is 2.34. The first kappa shape index (κ1) is 39.9. The Morgan fingerprint density at radius 1 is 0.907 bits per heavy atom. The molecule has 0 radical (unpaired) electrons. The molecule has 0 spiro atoms. The SMILES string of the molecule is CN(C)C(=O)c1cc(S(=O)(=O)N2C(=O)N(CCCCCN)C(=O)C2Cc2c[nH]c3ccccc23)ccc1Oc1ccc(OC(=O)C(N)CCCCN)cc1. The lowest BCUT2D eigenvalue weighted by atomic mass is 10.0. The summed E-state index contributed by atoms with van der Waals surface area (Å²) in [5.74, 6) is -1.28. The first-order valence-corrected chi connectivity index (χ1v) is 19.3. The second-order valence-electron chi connectivity index (χ2n) is 13.2. The van der Waals surface area contributed by atoms with Gasteiger partial charge in [0.25, 0.3) is 21.8 Å². The average molecular weight is 762 g/mol. The zero-order valence-electron chi connectivity index (χ0n) is 30.4. The van der Waals surface area contributed by atoms with Crippen LogP contribution in [-0.4, -0.2) is 97.1 Å². The smallest absolute Gasteiger partial charge is 0.341 e. The summed E-state index contributed by atoms with van der Waals surface area (Å²) in [5.41, 5.74) is 18.4. The number of urea groups is 1. The quantitative estimate of drug-likeness (QED) is 0.0495. The maximum absolute atomic E-state index is 14.5. The van der Waals surface area contributed by atoms with Gasteiger partial charge in [0.05, 0.1) is 10.5 Å². The van der Waals surface area contributed by atoms with Gasteiger partial charge in [-0.15, -0.1) is 0 Å². The summed E-state index contributed by atoms with van der Waals surface area (Å²) in [6.45, 7) is 0.987. The zero-order valence-corrected chi connectivity index (χ0v) is 31.2. The number of ether oxygens (including phenoxy) is 2. The van der Waals surface area contributed by atoms with Crippen LogP contribution in [-0.2, 0) is 26.0 Å². The van der Waals surface area contributed by atoms with Gasteiger partial charge in [0, 0.05) is 44.2 Å². The molecule has 3 aromatic carbocycles. The first-order chi connectivity index (χ1) is 25.9. The molecular formula is C38H47N7O8S. The topological polar surface area (TPSA) is 224 Å². The van der Waals surface area contributed by atoms with Crippen LogP contribution in [0.15, 0.2) is 77.8 Å². The van der Waals surface area contributed by atoms with Crippen molar-refractivity contribution >= 4 is 44.7 Å². The summed E-state index contributed by atoms with van der Waals surface area (Å²) >= 11 is 0. The molecule has 1 aliphatic rings. The van der Waals surface area contributed by atoms with Gasteiger partial charge in [0.1, 0.15) is 29.3 Å². The van der Waals surface area contributed by atoms with E-state index in [0.717, 1.165) is 28.3 Å². The molecule has 0 saturated carbocycles. The number of amides is 4. The van der Waals surface area contributed by atoms with Crippen LogP contribution in [0, 0.1) is 0 Å². The van der Waals surface area contributed by atoms with Gasteiger partial charge < -0.3 is 36.6 Å². The van der Waals surface area contributed by atoms with Crippen LogP contribution in [0.3, 0.4) is 0 Å². The summed E-state index contributed by atoms with van der Waals surface area (Å²) in [6, 6.07) is 14.0. The molecule has 5 rings (SSSR count). The summed E-state index contributed by atoms with van der Waals surface area (Å²) in [6.07, 6.45) is 5.32. The number of unbranched alkanes of at least 4 members (excludes halogenated alkanes) is 3. The fourth-order valence-corrected chi connectivity index (χ4v) is 7.71. The number of hydrogen-bond acceptors (Lipinski definition) is 11. The Balaban J connectivity index is 1.43. The third kappa shape index (κ3) is 8.90. The molecule has 16 heteroatoms. The largest absolute Gasteiger partial charge is 0.457 e. The van der Waals surface area contributed by atoms with Crippen LogP contribution in [0.25, 0.3) is 10.9 Å². The van der Waals surface area contributed by atoms with Gasteiger partial charge in [-0.25, -0.2) is 22.3 Å². The number of para-hydroxylation sites is 1. The van der Waals surface area contributed by atoms with Gasteiger partial charge in [-0.2, -0.15) is 0 Å². The normalized spacial score (nSPS) is 15.2. The molecule has 54 heavy (non-hydrogen) atoms. The van der Waals surface area contributed by atoms with E-state index in [1.165, 1.54) is 55.4 Å². The summed E-state index contributed by atoms with van der Waals surface area (Å²) in [5, 5.41) is 0.796. The molecule has 4 aromatic rings. The molecule has 15 nitrogen and oxygen atoms in total. The Bertz CT molecular complexity index is 2080. The molecular weight excluding hydrogens is 715 g/mol. The minimum atomic E-state index is -4.70.